The zero-order valence-electron chi connectivity index (χ0n) is 38.1. The molecule has 4 heteroatoms. The van der Waals surface area contributed by atoms with Crippen LogP contribution in [0, 0.1) is 13.8 Å². The molecule has 14 rings (SSSR count). The van der Waals surface area contributed by atoms with Crippen LogP contribution in [-0.2, 0) is 25.7 Å². The summed E-state index contributed by atoms with van der Waals surface area (Å²) in [5, 5.41) is 5.16. The Balaban J connectivity index is 1.03. The Morgan fingerprint density at radius 2 is 0.750 bits per heavy atom. The number of aromatic nitrogens is 4. The molecular weight excluding hydrogens is 825 g/mol. The van der Waals surface area contributed by atoms with Crippen LogP contribution in [0.5, 0.6) is 0 Å². The van der Waals surface area contributed by atoms with Gasteiger partial charge in [-0.1, -0.05) is 121 Å². The van der Waals surface area contributed by atoms with Gasteiger partial charge in [0.15, 0.2) is 0 Å². The van der Waals surface area contributed by atoms with Gasteiger partial charge in [0.05, 0.1) is 22.1 Å². The fourth-order valence-electron chi connectivity index (χ4n) is 12.0. The van der Waals surface area contributed by atoms with Crippen molar-refractivity contribution in [3.05, 3.63) is 228 Å². The van der Waals surface area contributed by atoms with Crippen LogP contribution in [0.25, 0.3) is 111 Å². The lowest BCUT2D eigenvalue weighted by Crippen LogP contribution is -2.16. The van der Waals surface area contributed by atoms with Crippen molar-refractivity contribution < 1.29 is 0 Å². The summed E-state index contributed by atoms with van der Waals surface area (Å²) in [6.07, 6.45) is 7.77. The number of rotatable bonds is 6. The first-order valence-electron chi connectivity index (χ1n) is 24.0. The lowest BCUT2D eigenvalue weighted by Gasteiger charge is -2.31. The quantitative estimate of drug-likeness (QED) is 0.167. The molecule has 2 aliphatic carbocycles. The van der Waals surface area contributed by atoms with Gasteiger partial charge in [0, 0.05) is 33.9 Å². The van der Waals surface area contributed by atoms with E-state index < -0.39 is 0 Å². The number of hydrogen-bond donors (Lipinski definition) is 0. The van der Waals surface area contributed by atoms with Crippen molar-refractivity contribution in [2.75, 3.05) is 0 Å². The number of aryl methyl sites for hydroxylation is 6. The van der Waals surface area contributed by atoms with Gasteiger partial charge in [0.1, 0.15) is 11.6 Å². The Hall–Kier alpha value is -8.34. The van der Waals surface area contributed by atoms with E-state index >= 15 is 0 Å². The Morgan fingerprint density at radius 1 is 0.353 bits per heavy atom. The number of benzene rings is 8. The lowest BCUT2D eigenvalue weighted by atomic mass is 9.74. The smallest absolute Gasteiger partial charge is 0.137 e. The molecule has 0 bridgehead atoms. The number of nitrogens with zero attached hydrogens (tertiary/aromatic N) is 4. The third-order valence-corrected chi connectivity index (χ3v) is 14.9. The highest BCUT2D eigenvalue weighted by Gasteiger charge is 2.33. The first-order chi connectivity index (χ1) is 33.6. The summed E-state index contributed by atoms with van der Waals surface area (Å²) in [5.41, 5.74) is 25.8. The first-order valence-corrected chi connectivity index (χ1v) is 24.0. The van der Waals surface area contributed by atoms with Gasteiger partial charge in [-0.15, -0.1) is 0 Å². The minimum absolute atomic E-state index is 0.956. The maximum absolute atomic E-state index is 5.09. The first kappa shape index (κ1) is 38.9. The third kappa shape index (κ3) is 5.86. The van der Waals surface area contributed by atoms with E-state index in [4.69, 9.17) is 9.97 Å². The van der Waals surface area contributed by atoms with Crippen molar-refractivity contribution in [2.45, 2.75) is 39.5 Å². The summed E-state index contributed by atoms with van der Waals surface area (Å²) in [6, 6.07) is 67.2. The average Bonchev–Trinajstić information content (AvgIpc) is 3.90. The number of fused-ring (bicyclic) bond motifs is 8. The molecule has 0 radical (unpaired) electrons. The van der Waals surface area contributed by atoms with Gasteiger partial charge in [-0.05, 0) is 189 Å². The van der Waals surface area contributed by atoms with E-state index in [1.807, 2.05) is 12.4 Å². The van der Waals surface area contributed by atoms with Gasteiger partial charge < -0.3 is 0 Å². The fraction of sp³-hybridized carbons (Fsp3) is 0.0938. The van der Waals surface area contributed by atoms with Crippen LogP contribution in [0.1, 0.15) is 33.4 Å². The second kappa shape index (κ2) is 15.1. The summed E-state index contributed by atoms with van der Waals surface area (Å²) in [6.45, 7) is 4.34. The summed E-state index contributed by atoms with van der Waals surface area (Å²) >= 11 is 0. The molecule has 0 amide bonds. The molecule has 0 N–H and O–H groups in total. The van der Waals surface area contributed by atoms with E-state index in [1.165, 1.54) is 133 Å². The molecule has 4 aromatic heterocycles. The highest BCUT2D eigenvalue weighted by molar-refractivity contribution is 6.17. The number of pyridine rings is 2. The summed E-state index contributed by atoms with van der Waals surface area (Å²) in [7, 11) is 0. The molecule has 0 aliphatic heterocycles. The largest absolute Gasteiger partial charge is 0.293 e. The van der Waals surface area contributed by atoms with Crippen LogP contribution >= 0.6 is 0 Å². The van der Waals surface area contributed by atoms with Crippen LogP contribution in [0.3, 0.4) is 0 Å². The van der Waals surface area contributed by atoms with Crippen molar-refractivity contribution in [3.63, 3.8) is 0 Å². The maximum atomic E-state index is 5.09. The Bertz CT molecular complexity index is 3780. The molecular formula is C64H46N4. The minimum atomic E-state index is 0.956. The zero-order valence-corrected chi connectivity index (χ0v) is 38.1. The van der Waals surface area contributed by atoms with Crippen molar-refractivity contribution in [2.24, 2.45) is 0 Å². The van der Waals surface area contributed by atoms with E-state index in [9.17, 15) is 0 Å². The molecule has 0 saturated carbocycles. The molecule has 0 saturated heterocycles. The van der Waals surface area contributed by atoms with Crippen molar-refractivity contribution >= 4 is 43.6 Å². The highest BCUT2D eigenvalue weighted by Crippen LogP contribution is 2.52. The Labute approximate surface area is 395 Å². The monoisotopic (exact) mass is 870 g/mol. The highest BCUT2D eigenvalue weighted by atomic mass is 15.1. The second-order valence-corrected chi connectivity index (χ2v) is 18.9. The standard InChI is InChI=1S/C64H46N4/c1-39-29-31-65-59(33-39)67-57-27-23-43(49-19-11-9-17-47(49)41-13-5-3-6-14-41)35-53(57)55-37-45-22-26-52-62-46(21-25-51(61(45)62)63(55)67)38-56-54-36-44(50-20-12-10-18-48(50)42-15-7-4-8-16-42)24-28-58(54)68(64(52)56)60-34-40(2)30-32-66-60/h3-20,23-24,27-38H,21-22,25-26H2,1-2H3. The molecule has 0 fully saturated rings. The molecule has 0 atom stereocenters. The maximum Gasteiger partial charge on any atom is 0.137 e. The van der Waals surface area contributed by atoms with E-state index in [-0.39, 0.29) is 0 Å². The van der Waals surface area contributed by atoms with Crippen LogP contribution in [0.2, 0.25) is 0 Å². The van der Waals surface area contributed by atoms with Gasteiger partial charge in [-0.3, -0.25) is 9.13 Å². The van der Waals surface area contributed by atoms with Crippen LogP contribution < -0.4 is 0 Å². The molecule has 68 heavy (non-hydrogen) atoms. The van der Waals surface area contributed by atoms with E-state index in [0.717, 1.165) is 37.3 Å². The van der Waals surface area contributed by atoms with Crippen LogP contribution in [0.15, 0.2) is 194 Å². The molecule has 0 spiro atoms. The fourth-order valence-corrected chi connectivity index (χ4v) is 12.0. The van der Waals surface area contributed by atoms with Gasteiger partial charge >= 0.3 is 0 Å². The van der Waals surface area contributed by atoms with Crippen LogP contribution in [0.4, 0.5) is 0 Å². The normalized spacial score (nSPS) is 12.9. The van der Waals surface area contributed by atoms with Gasteiger partial charge in [-0.25, -0.2) is 9.97 Å². The minimum Gasteiger partial charge on any atom is -0.293 e. The van der Waals surface area contributed by atoms with Crippen molar-refractivity contribution in [3.8, 4) is 67.3 Å². The molecule has 0 unspecified atom stereocenters. The molecule has 12 aromatic rings. The Kier molecular flexibility index (Phi) is 8.63. The number of hydrogen-bond acceptors (Lipinski definition) is 2. The van der Waals surface area contributed by atoms with E-state index in [2.05, 4.69) is 205 Å². The topological polar surface area (TPSA) is 35.6 Å². The molecule has 4 nitrogen and oxygen atoms in total. The van der Waals surface area contributed by atoms with Crippen molar-refractivity contribution in [1.82, 2.24) is 19.1 Å². The second-order valence-electron chi connectivity index (χ2n) is 18.9. The summed E-state index contributed by atoms with van der Waals surface area (Å²) in [5.74, 6) is 1.93. The van der Waals surface area contributed by atoms with Crippen molar-refractivity contribution in [1.29, 1.82) is 0 Å². The lowest BCUT2D eigenvalue weighted by molar-refractivity contribution is 0.881. The van der Waals surface area contributed by atoms with Gasteiger partial charge in [-0.2, -0.15) is 0 Å². The molecule has 8 aromatic carbocycles. The molecule has 2 aliphatic rings. The SMILES string of the molecule is Cc1ccnc(-n2c3ccc(-c4ccccc4-c4ccccc4)cc3c3cc4c5c(c32)CCc2cc3c6cc(-c7ccccc7-c7ccccc7)ccc6n(-c6cc(C)ccn6)c3c(c2-5)CC4)c1. The third-order valence-electron chi connectivity index (χ3n) is 14.9. The summed E-state index contributed by atoms with van der Waals surface area (Å²) in [4.78, 5) is 10.2. The average molecular weight is 871 g/mol. The van der Waals surface area contributed by atoms with Crippen LogP contribution in [-0.4, -0.2) is 19.1 Å². The Morgan fingerprint density at radius 3 is 1.16 bits per heavy atom. The molecule has 4 heterocycles. The van der Waals surface area contributed by atoms with Gasteiger partial charge in [0.25, 0.3) is 0 Å². The van der Waals surface area contributed by atoms with Gasteiger partial charge in [0.2, 0.25) is 0 Å². The summed E-state index contributed by atoms with van der Waals surface area (Å²) < 4.78 is 4.95. The molecule has 322 valence electrons. The van der Waals surface area contributed by atoms with E-state index in [0.29, 0.717) is 0 Å². The zero-order chi connectivity index (χ0) is 45.0. The van der Waals surface area contributed by atoms with E-state index in [1.54, 1.807) is 0 Å². The predicted molar refractivity (Wildman–Crippen MR) is 282 cm³/mol. The predicted octanol–water partition coefficient (Wildman–Crippen LogP) is 15.8.